The average Bonchev–Trinajstić information content (AvgIpc) is 3.11. The van der Waals surface area contributed by atoms with Crippen LogP contribution in [-0.4, -0.2) is 49.2 Å². The standard InChI is InChI=1S/C13H26N2O2/c1-5-10(3)15(4)9-12(13(16)17-6-2)14-11-7-8-11/h10-12,14H,5-9H2,1-4H3. The third-order valence-corrected chi connectivity index (χ3v) is 3.40. The summed E-state index contributed by atoms with van der Waals surface area (Å²) in [7, 11) is 2.06. The van der Waals surface area contributed by atoms with Crippen LogP contribution in [0.15, 0.2) is 0 Å². The minimum absolute atomic E-state index is 0.116. The van der Waals surface area contributed by atoms with Gasteiger partial charge in [-0.25, -0.2) is 0 Å². The van der Waals surface area contributed by atoms with Gasteiger partial charge in [-0.15, -0.1) is 0 Å². The number of likely N-dealkylation sites (N-methyl/N-ethyl adjacent to an activating group) is 1. The van der Waals surface area contributed by atoms with Gasteiger partial charge < -0.3 is 15.0 Å². The molecular formula is C13H26N2O2. The topological polar surface area (TPSA) is 41.6 Å². The predicted octanol–water partition coefficient (Wildman–Crippen LogP) is 1.40. The first-order valence-electron chi connectivity index (χ1n) is 6.71. The first kappa shape index (κ1) is 14.5. The molecule has 1 aliphatic rings. The monoisotopic (exact) mass is 242 g/mol. The van der Waals surface area contributed by atoms with Crippen molar-refractivity contribution in [1.29, 1.82) is 0 Å². The second-order valence-electron chi connectivity index (χ2n) is 4.94. The van der Waals surface area contributed by atoms with Crippen molar-refractivity contribution < 1.29 is 9.53 Å². The Balaban J connectivity index is 2.46. The van der Waals surface area contributed by atoms with Crippen molar-refractivity contribution in [2.24, 2.45) is 0 Å². The molecule has 4 heteroatoms. The summed E-state index contributed by atoms with van der Waals surface area (Å²) in [5, 5.41) is 3.37. The Morgan fingerprint density at radius 1 is 1.47 bits per heavy atom. The van der Waals surface area contributed by atoms with Crippen molar-refractivity contribution in [3.8, 4) is 0 Å². The van der Waals surface area contributed by atoms with Crippen LogP contribution in [0.1, 0.15) is 40.0 Å². The second kappa shape index (κ2) is 6.97. The van der Waals surface area contributed by atoms with E-state index in [9.17, 15) is 4.79 Å². The van der Waals surface area contributed by atoms with E-state index in [1.54, 1.807) is 0 Å². The number of rotatable bonds is 8. The predicted molar refractivity (Wildman–Crippen MR) is 69.0 cm³/mol. The van der Waals surface area contributed by atoms with E-state index >= 15 is 0 Å². The number of esters is 1. The third kappa shape index (κ3) is 5.04. The van der Waals surface area contributed by atoms with E-state index in [1.165, 1.54) is 12.8 Å². The van der Waals surface area contributed by atoms with E-state index in [4.69, 9.17) is 4.74 Å². The summed E-state index contributed by atoms with van der Waals surface area (Å²) in [4.78, 5) is 14.1. The lowest BCUT2D eigenvalue weighted by molar-refractivity contribution is -0.146. The third-order valence-electron chi connectivity index (χ3n) is 3.40. The summed E-state index contributed by atoms with van der Waals surface area (Å²) in [6.45, 7) is 7.37. The Morgan fingerprint density at radius 2 is 2.12 bits per heavy atom. The fourth-order valence-electron chi connectivity index (χ4n) is 1.75. The van der Waals surface area contributed by atoms with Gasteiger partial charge >= 0.3 is 5.97 Å². The first-order chi connectivity index (χ1) is 8.08. The number of carbonyl (C=O) groups excluding carboxylic acids is 1. The molecule has 17 heavy (non-hydrogen) atoms. The van der Waals surface area contributed by atoms with E-state index < -0.39 is 0 Å². The van der Waals surface area contributed by atoms with Crippen molar-refractivity contribution in [3.05, 3.63) is 0 Å². The van der Waals surface area contributed by atoms with Crippen molar-refractivity contribution >= 4 is 5.97 Å². The number of nitrogens with zero attached hydrogens (tertiary/aromatic N) is 1. The zero-order chi connectivity index (χ0) is 12.8. The zero-order valence-electron chi connectivity index (χ0n) is 11.5. The van der Waals surface area contributed by atoms with Gasteiger partial charge in [-0.1, -0.05) is 6.92 Å². The number of hydrogen-bond donors (Lipinski definition) is 1. The molecule has 0 amide bonds. The average molecular weight is 242 g/mol. The Kier molecular flexibility index (Phi) is 5.92. The summed E-state index contributed by atoms with van der Waals surface area (Å²) in [6.07, 6.45) is 3.46. The SMILES string of the molecule is CCOC(=O)C(CN(C)C(C)CC)NC1CC1. The molecule has 0 bridgehead atoms. The van der Waals surface area contributed by atoms with E-state index in [-0.39, 0.29) is 12.0 Å². The molecule has 1 aliphatic carbocycles. The smallest absolute Gasteiger partial charge is 0.324 e. The molecule has 0 aliphatic heterocycles. The van der Waals surface area contributed by atoms with Crippen molar-refractivity contribution in [3.63, 3.8) is 0 Å². The Hall–Kier alpha value is -0.610. The van der Waals surface area contributed by atoms with E-state index in [0.29, 0.717) is 18.7 Å². The van der Waals surface area contributed by atoms with Crippen LogP contribution in [0.25, 0.3) is 0 Å². The zero-order valence-corrected chi connectivity index (χ0v) is 11.5. The van der Waals surface area contributed by atoms with Gasteiger partial charge in [-0.05, 0) is 40.2 Å². The molecule has 0 aromatic heterocycles. The van der Waals surface area contributed by atoms with Gasteiger partial charge in [-0.2, -0.15) is 0 Å². The molecule has 0 heterocycles. The number of carbonyl (C=O) groups is 1. The normalized spacial score (nSPS) is 19.1. The maximum Gasteiger partial charge on any atom is 0.324 e. The Morgan fingerprint density at radius 3 is 2.59 bits per heavy atom. The van der Waals surface area contributed by atoms with Crippen LogP contribution in [0, 0.1) is 0 Å². The summed E-state index contributed by atoms with van der Waals surface area (Å²) >= 11 is 0. The lowest BCUT2D eigenvalue weighted by atomic mass is 10.2. The van der Waals surface area contributed by atoms with Crippen molar-refractivity contribution in [1.82, 2.24) is 10.2 Å². The van der Waals surface area contributed by atoms with Gasteiger partial charge in [0, 0.05) is 18.6 Å². The minimum Gasteiger partial charge on any atom is -0.465 e. The van der Waals surface area contributed by atoms with Crippen LogP contribution in [0.5, 0.6) is 0 Å². The molecular weight excluding hydrogens is 216 g/mol. The molecule has 0 saturated heterocycles. The molecule has 1 fully saturated rings. The molecule has 0 radical (unpaired) electrons. The lowest BCUT2D eigenvalue weighted by Gasteiger charge is -2.28. The summed E-state index contributed by atoms with van der Waals surface area (Å²) in [5.41, 5.74) is 0. The van der Waals surface area contributed by atoms with Gasteiger partial charge in [-0.3, -0.25) is 4.79 Å². The lowest BCUT2D eigenvalue weighted by Crippen LogP contribution is -2.48. The maximum atomic E-state index is 11.8. The van der Waals surface area contributed by atoms with E-state index in [0.717, 1.165) is 13.0 Å². The fourth-order valence-corrected chi connectivity index (χ4v) is 1.75. The van der Waals surface area contributed by atoms with Crippen LogP contribution in [0.4, 0.5) is 0 Å². The number of nitrogens with one attached hydrogen (secondary N) is 1. The molecule has 100 valence electrons. The molecule has 0 aromatic rings. The van der Waals surface area contributed by atoms with Crippen molar-refractivity contribution in [2.45, 2.75) is 58.2 Å². The highest BCUT2D eigenvalue weighted by atomic mass is 16.5. The highest BCUT2D eigenvalue weighted by molar-refractivity contribution is 5.76. The second-order valence-corrected chi connectivity index (χ2v) is 4.94. The van der Waals surface area contributed by atoms with E-state index in [1.807, 2.05) is 6.92 Å². The highest BCUT2D eigenvalue weighted by Crippen LogP contribution is 2.20. The van der Waals surface area contributed by atoms with Crippen LogP contribution in [0.3, 0.4) is 0 Å². The van der Waals surface area contributed by atoms with Gasteiger partial charge in [0.05, 0.1) is 6.61 Å². The van der Waals surface area contributed by atoms with Gasteiger partial charge in [0.15, 0.2) is 0 Å². The highest BCUT2D eigenvalue weighted by Gasteiger charge is 2.30. The van der Waals surface area contributed by atoms with Crippen LogP contribution in [-0.2, 0) is 9.53 Å². The van der Waals surface area contributed by atoms with Crippen LogP contribution >= 0.6 is 0 Å². The molecule has 4 nitrogen and oxygen atoms in total. The van der Waals surface area contributed by atoms with Crippen LogP contribution < -0.4 is 5.32 Å². The van der Waals surface area contributed by atoms with Crippen LogP contribution in [0.2, 0.25) is 0 Å². The molecule has 2 atom stereocenters. The molecule has 0 aromatic carbocycles. The van der Waals surface area contributed by atoms with Gasteiger partial charge in [0.1, 0.15) is 6.04 Å². The molecule has 1 saturated carbocycles. The summed E-state index contributed by atoms with van der Waals surface area (Å²) in [5.74, 6) is -0.116. The maximum absolute atomic E-state index is 11.8. The number of ether oxygens (including phenoxy) is 1. The van der Waals surface area contributed by atoms with Crippen molar-refractivity contribution in [2.75, 3.05) is 20.2 Å². The van der Waals surface area contributed by atoms with Gasteiger partial charge in [0.25, 0.3) is 0 Å². The quantitative estimate of drug-likeness (QED) is 0.653. The summed E-state index contributed by atoms with van der Waals surface area (Å²) < 4.78 is 5.12. The number of hydrogen-bond acceptors (Lipinski definition) is 4. The minimum atomic E-state index is -0.179. The molecule has 1 rings (SSSR count). The van der Waals surface area contributed by atoms with E-state index in [2.05, 4.69) is 31.1 Å². The molecule has 1 N–H and O–H groups in total. The summed E-state index contributed by atoms with van der Waals surface area (Å²) in [6, 6.07) is 0.837. The molecule has 0 spiro atoms. The Labute approximate surface area is 105 Å². The Bertz CT molecular complexity index is 242. The largest absolute Gasteiger partial charge is 0.465 e. The first-order valence-corrected chi connectivity index (χ1v) is 6.71. The van der Waals surface area contributed by atoms with Gasteiger partial charge in [0.2, 0.25) is 0 Å². The fraction of sp³-hybridized carbons (Fsp3) is 0.923. The molecule has 2 unspecified atom stereocenters.